The number of anilines is 1. The minimum Gasteiger partial charge on any atom is -0.348 e. The maximum atomic E-state index is 13.5. The van der Waals surface area contributed by atoms with Crippen molar-refractivity contribution in [2.24, 2.45) is 0 Å². The van der Waals surface area contributed by atoms with Crippen LogP contribution in [0.15, 0.2) is 36.0 Å². The van der Waals surface area contributed by atoms with Gasteiger partial charge in [-0.1, -0.05) is 6.07 Å². The van der Waals surface area contributed by atoms with Crippen molar-refractivity contribution in [1.29, 1.82) is 0 Å². The van der Waals surface area contributed by atoms with Crippen molar-refractivity contribution in [3.8, 4) is 0 Å². The number of carbonyl (C=O) groups excluding carboxylic acids is 1. The molecule has 4 rings (SSSR count). The second kappa shape index (κ2) is 6.95. The highest BCUT2D eigenvalue weighted by Gasteiger charge is 2.29. The van der Waals surface area contributed by atoms with Crippen LogP contribution >= 0.6 is 11.3 Å². The van der Waals surface area contributed by atoms with Gasteiger partial charge in [-0.15, -0.1) is 11.3 Å². The van der Waals surface area contributed by atoms with Gasteiger partial charge in [-0.2, -0.15) is 0 Å². The molecule has 0 radical (unpaired) electrons. The number of rotatable bonds is 4. The van der Waals surface area contributed by atoms with E-state index < -0.39 is 6.17 Å². The van der Waals surface area contributed by atoms with E-state index in [1.165, 1.54) is 16.2 Å². The van der Waals surface area contributed by atoms with Crippen LogP contribution in [0.1, 0.15) is 35.4 Å². The molecule has 1 fully saturated rings. The highest BCUT2D eigenvalue weighted by Crippen LogP contribution is 2.27. The zero-order chi connectivity index (χ0) is 18.1. The Morgan fingerprint density at radius 3 is 3.04 bits per heavy atom. The van der Waals surface area contributed by atoms with Gasteiger partial charge in [0.15, 0.2) is 5.69 Å². The van der Waals surface area contributed by atoms with Gasteiger partial charge in [-0.3, -0.25) is 9.78 Å². The molecule has 1 N–H and O–H groups in total. The largest absolute Gasteiger partial charge is 0.348 e. The van der Waals surface area contributed by atoms with Crippen LogP contribution in [0.4, 0.5) is 10.3 Å². The van der Waals surface area contributed by atoms with E-state index in [0.29, 0.717) is 30.1 Å². The molecule has 0 aliphatic carbocycles. The maximum absolute atomic E-state index is 13.5. The molecule has 134 valence electrons. The topological polar surface area (TPSA) is 71.0 Å². The predicted molar refractivity (Wildman–Crippen MR) is 99.1 cm³/mol. The van der Waals surface area contributed by atoms with Gasteiger partial charge in [-0.25, -0.2) is 14.4 Å². The summed E-state index contributed by atoms with van der Waals surface area (Å²) in [4.78, 5) is 27.5. The van der Waals surface area contributed by atoms with Crippen molar-refractivity contribution in [1.82, 2.24) is 19.9 Å². The molecule has 2 atom stereocenters. The number of thiophene rings is 1. The maximum Gasteiger partial charge on any atom is 0.274 e. The van der Waals surface area contributed by atoms with Gasteiger partial charge in [0.2, 0.25) is 5.95 Å². The van der Waals surface area contributed by atoms with Gasteiger partial charge in [0.25, 0.3) is 5.91 Å². The molecule has 1 amide bonds. The van der Waals surface area contributed by atoms with Crippen molar-refractivity contribution in [3.63, 3.8) is 0 Å². The lowest BCUT2D eigenvalue weighted by molar-refractivity contribution is 0.0779. The lowest BCUT2D eigenvalue weighted by atomic mass is 10.1. The van der Waals surface area contributed by atoms with E-state index in [0.717, 1.165) is 10.3 Å². The van der Waals surface area contributed by atoms with Crippen LogP contribution in [0, 0.1) is 0 Å². The summed E-state index contributed by atoms with van der Waals surface area (Å²) in [5.41, 5.74) is 2.04. The third-order valence-electron chi connectivity index (χ3n) is 4.45. The van der Waals surface area contributed by atoms with E-state index in [-0.39, 0.29) is 18.5 Å². The number of amides is 1. The third kappa shape index (κ3) is 3.24. The molecule has 3 aromatic rings. The molecule has 1 aliphatic rings. The Labute approximate surface area is 154 Å². The van der Waals surface area contributed by atoms with Crippen LogP contribution in [-0.4, -0.2) is 45.0 Å². The van der Waals surface area contributed by atoms with Crippen molar-refractivity contribution < 1.29 is 9.18 Å². The first-order chi connectivity index (χ1) is 12.6. The number of likely N-dealkylation sites (tertiary alicyclic amines) is 1. The monoisotopic (exact) mass is 371 g/mol. The number of aromatic nitrogens is 3. The van der Waals surface area contributed by atoms with Crippen LogP contribution in [-0.2, 0) is 0 Å². The minimum atomic E-state index is -0.956. The van der Waals surface area contributed by atoms with Gasteiger partial charge in [0.05, 0.1) is 22.8 Å². The number of pyridine rings is 1. The van der Waals surface area contributed by atoms with Gasteiger partial charge in [-0.05, 0) is 36.4 Å². The van der Waals surface area contributed by atoms with E-state index in [2.05, 4.69) is 20.3 Å². The Hall–Kier alpha value is -2.61. The summed E-state index contributed by atoms with van der Waals surface area (Å²) in [5.74, 6) is 0.142. The number of nitrogens with one attached hydrogen (secondary N) is 1. The fourth-order valence-electron chi connectivity index (χ4n) is 3.03. The van der Waals surface area contributed by atoms with Crippen LogP contribution in [0.5, 0.6) is 0 Å². The lowest BCUT2D eigenvalue weighted by Gasteiger charge is -2.17. The Bertz CT molecular complexity index is 932. The summed E-state index contributed by atoms with van der Waals surface area (Å²) in [6.07, 6.45) is 2.92. The highest BCUT2D eigenvalue weighted by molar-refractivity contribution is 7.17. The number of halogens is 1. The minimum absolute atomic E-state index is 0.0650. The van der Waals surface area contributed by atoms with E-state index >= 15 is 0 Å². The Kier molecular flexibility index (Phi) is 4.50. The SMILES string of the molecule is C[C@H](Nc1nc(C(=O)N2CC[C@H](F)C2)c2sccc2n1)c1cccnc1. The van der Waals surface area contributed by atoms with Gasteiger partial charge in [0.1, 0.15) is 6.17 Å². The molecule has 1 aliphatic heterocycles. The molecule has 8 heteroatoms. The molecule has 0 bridgehead atoms. The zero-order valence-corrected chi connectivity index (χ0v) is 15.0. The fraction of sp³-hybridized carbons (Fsp3) is 0.333. The average molecular weight is 371 g/mol. The lowest BCUT2D eigenvalue weighted by Crippen LogP contribution is -2.30. The summed E-state index contributed by atoms with van der Waals surface area (Å²) < 4.78 is 14.2. The molecule has 1 saturated heterocycles. The second-order valence-electron chi connectivity index (χ2n) is 6.32. The number of hydrogen-bond donors (Lipinski definition) is 1. The van der Waals surface area contributed by atoms with Crippen molar-refractivity contribution in [3.05, 3.63) is 47.2 Å². The van der Waals surface area contributed by atoms with Crippen molar-refractivity contribution >= 4 is 33.4 Å². The molecule has 3 aromatic heterocycles. The van der Waals surface area contributed by atoms with Crippen molar-refractivity contribution in [2.75, 3.05) is 18.4 Å². The third-order valence-corrected chi connectivity index (χ3v) is 5.36. The summed E-state index contributed by atoms with van der Waals surface area (Å²) in [7, 11) is 0. The Balaban J connectivity index is 1.65. The second-order valence-corrected chi connectivity index (χ2v) is 7.24. The number of carbonyl (C=O) groups is 1. The Morgan fingerprint density at radius 1 is 1.42 bits per heavy atom. The van der Waals surface area contributed by atoms with E-state index in [1.54, 1.807) is 12.4 Å². The smallest absolute Gasteiger partial charge is 0.274 e. The van der Waals surface area contributed by atoms with Crippen molar-refractivity contribution in [2.45, 2.75) is 25.6 Å². The molecular formula is C18H18FN5OS. The van der Waals surface area contributed by atoms with Gasteiger partial charge < -0.3 is 10.2 Å². The van der Waals surface area contributed by atoms with Gasteiger partial charge in [0, 0.05) is 18.9 Å². The molecule has 4 heterocycles. The highest BCUT2D eigenvalue weighted by atomic mass is 32.1. The molecule has 0 spiro atoms. The van der Waals surface area contributed by atoms with Crippen LogP contribution in [0.2, 0.25) is 0 Å². The molecule has 6 nitrogen and oxygen atoms in total. The van der Waals surface area contributed by atoms with E-state index in [9.17, 15) is 9.18 Å². The van der Waals surface area contributed by atoms with Crippen LogP contribution in [0.3, 0.4) is 0 Å². The predicted octanol–water partition coefficient (Wildman–Crippen LogP) is 3.44. The fourth-order valence-corrected chi connectivity index (χ4v) is 3.85. The first-order valence-electron chi connectivity index (χ1n) is 8.47. The standard InChI is InChI=1S/C18H18FN5OS/c1-11(12-3-2-6-20-9-12)21-18-22-14-5-8-26-16(14)15(23-18)17(25)24-7-4-13(19)10-24/h2-3,5-6,8-9,11,13H,4,7,10H2,1H3,(H,21,22,23)/t11-,13-/m0/s1. The van der Waals surface area contributed by atoms with Crippen LogP contribution < -0.4 is 5.32 Å². The number of nitrogens with zero attached hydrogens (tertiary/aromatic N) is 4. The van der Waals surface area contributed by atoms with Crippen LogP contribution in [0.25, 0.3) is 10.2 Å². The number of hydrogen-bond acceptors (Lipinski definition) is 6. The summed E-state index contributed by atoms with van der Waals surface area (Å²) in [5, 5.41) is 5.11. The first-order valence-corrected chi connectivity index (χ1v) is 9.35. The quantitative estimate of drug-likeness (QED) is 0.761. The summed E-state index contributed by atoms with van der Waals surface area (Å²) in [6, 6.07) is 5.63. The molecule has 0 aromatic carbocycles. The first kappa shape index (κ1) is 16.8. The summed E-state index contributed by atoms with van der Waals surface area (Å²) in [6.45, 7) is 2.53. The molecule has 26 heavy (non-hydrogen) atoms. The summed E-state index contributed by atoms with van der Waals surface area (Å²) >= 11 is 1.42. The Morgan fingerprint density at radius 2 is 2.31 bits per heavy atom. The molecule has 0 unspecified atom stereocenters. The molecule has 0 saturated carbocycles. The average Bonchev–Trinajstić information content (AvgIpc) is 3.30. The normalized spacial score (nSPS) is 18.2. The van der Waals surface area contributed by atoms with Gasteiger partial charge >= 0.3 is 0 Å². The molecular weight excluding hydrogens is 353 g/mol. The zero-order valence-electron chi connectivity index (χ0n) is 14.2. The number of fused-ring (bicyclic) bond motifs is 1. The van der Waals surface area contributed by atoms with E-state index in [1.807, 2.05) is 30.5 Å². The number of alkyl halides is 1. The van der Waals surface area contributed by atoms with E-state index in [4.69, 9.17) is 0 Å².